The average molecular weight is 375 g/mol. The minimum atomic E-state index is 0.348. The number of halogens is 1. The monoisotopic (exact) mass is 374 g/mol. The number of thiophene rings is 1. The SMILES string of the molecule is O=C(C1CC1)N1CCC(NCc2ccc(-c3cccc(Cl)c3)s2)CC1. The van der Waals surface area contributed by atoms with Gasteiger partial charge in [0.1, 0.15) is 0 Å². The molecule has 0 radical (unpaired) electrons. The van der Waals surface area contributed by atoms with Crippen LogP contribution in [0.5, 0.6) is 0 Å². The van der Waals surface area contributed by atoms with E-state index in [-0.39, 0.29) is 0 Å². The van der Waals surface area contributed by atoms with Gasteiger partial charge < -0.3 is 10.2 Å². The topological polar surface area (TPSA) is 32.3 Å². The molecule has 1 aromatic heterocycles. The Morgan fingerprint density at radius 2 is 1.96 bits per heavy atom. The number of benzene rings is 1. The van der Waals surface area contributed by atoms with Gasteiger partial charge in [-0.15, -0.1) is 11.3 Å². The lowest BCUT2D eigenvalue weighted by molar-refractivity contribution is -0.133. The largest absolute Gasteiger partial charge is 0.342 e. The van der Waals surface area contributed by atoms with Gasteiger partial charge in [-0.3, -0.25) is 4.79 Å². The number of carbonyl (C=O) groups excluding carboxylic acids is 1. The smallest absolute Gasteiger partial charge is 0.225 e. The number of carbonyl (C=O) groups is 1. The van der Waals surface area contributed by atoms with Gasteiger partial charge in [0.2, 0.25) is 5.91 Å². The van der Waals surface area contributed by atoms with E-state index in [2.05, 4.69) is 28.4 Å². The van der Waals surface area contributed by atoms with E-state index in [0.717, 1.165) is 50.3 Å². The fourth-order valence-electron chi connectivity index (χ4n) is 3.41. The van der Waals surface area contributed by atoms with Crippen LogP contribution in [-0.2, 0) is 11.3 Å². The molecule has 0 bridgehead atoms. The number of amides is 1. The molecule has 1 aliphatic heterocycles. The summed E-state index contributed by atoms with van der Waals surface area (Å²) in [4.78, 5) is 16.8. The van der Waals surface area contributed by atoms with Crippen molar-refractivity contribution in [1.82, 2.24) is 10.2 Å². The van der Waals surface area contributed by atoms with Crippen LogP contribution in [0.4, 0.5) is 0 Å². The second-order valence-electron chi connectivity index (χ2n) is 7.03. The third-order valence-corrected chi connectivity index (χ3v) is 6.44. The van der Waals surface area contributed by atoms with Gasteiger partial charge in [-0.25, -0.2) is 0 Å². The molecule has 1 saturated carbocycles. The van der Waals surface area contributed by atoms with E-state index in [9.17, 15) is 4.79 Å². The molecule has 4 rings (SSSR count). The zero-order chi connectivity index (χ0) is 17.2. The van der Waals surface area contributed by atoms with E-state index in [1.807, 2.05) is 29.5 Å². The summed E-state index contributed by atoms with van der Waals surface area (Å²) in [5.74, 6) is 0.739. The molecule has 132 valence electrons. The average Bonchev–Trinajstić information content (AvgIpc) is 3.38. The van der Waals surface area contributed by atoms with Gasteiger partial charge in [0.15, 0.2) is 0 Å². The Kier molecular flexibility index (Phi) is 5.11. The van der Waals surface area contributed by atoms with Crippen molar-refractivity contribution in [1.29, 1.82) is 0 Å². The summed E-state index contributed by atoms with van der Waals surface area (Å²) in [6.45, 7) is 2.71. The number of hydrogen-bond donors (Lipinski definition) is 1. The molecule has 0 atom stereocenters. The molecule has 0 unspecified atom stereocenters. The second kappa shape index (κ2) is 7.48. The molecule has 2 aromatic rings. The molecule has 0 spiro atoms. The summed E-state index contributed by atoms with van der Waals surface area (Å²) in [5, 5.41) is 4.44. The van der Waals surface area contributed by atoms with E-state index >= 15 is 0 Å². The molecule has 1 amide bonds. The fraction of sp³-hybridized carbons (Fsp3) is 0.450. The zero-order valence-electron chi connectivity index (χ0n) is 14.2. The summed E-state index contributed by atoms with van der Waals surface area (Å²) >= 11 is 7.90. The highest BCUT2D eigenvalue weighted by Crippen LogP contribution is 2.32. The van der Waals surface area contributed by atoms with Gasteiger partial charge in [-0.1, -0.05) is 23.7 Å². The predicted molar refractivity (Wildman–Crippen MR) is 104 cm³/mol. The highest BCUT2D eigenvalue weighted by molar-refractivity contribution is 7.15. The van der Waals surface area contributed by atoms with Crippen molar-refractivity contribution in [2.75, 3.05) is 13.1 Å². The van der Waals surface area contributed by atoms with Crippen molar-refractivity contribution in [3.05, 3.63) is 46.3 Å². The lowest BCUT2D eigenvalue weighted by atomic mass is 10.0. The standard InChI is InChI=1S/C20H23ClN2OS/c21-16-3-1-2-15(12-16)19-7-6-18(25-19)13-22-17-8-10-23(11-9-17)20(24)14-4-5-14/h1-3,6-7,12,14,17,22H,4-5,8-11,13H2. The first-order valence-electron chi connectivity index (χ1n) is 9.06. The molecule has 2 aliphatic rings. The first kappa shape index (κ1) is 17.1. The third-order valence-electron chi connectivity index (χ3n) is 5.07. The number of rotatable bonds is 5. The highest BCUT2D eigenvalue weighted by Gasteiger charge is 2.34. The van der Waals surface area contributed by atoms with Crippen molar-refractivity contribution < 1.29 is 4.79 Å². The van der Waals surface area contributed by atoms with Crippen molar-refractivity contribution in [3.8, 4) is 10.4 Å². The van der Waals surface area contributed by atoms with Crippen LogP contribution in [-0.4, -0.2) is 29.9 Å². The Hall–Kier alpha value is -1.36. The number of likely N-dealkylation sites (tertiary alicyclic amines) is 1. The molecule has 3 nitrogen and oxygen atoms in total. The van der Waals surface area contributed by atoms with Crippen LogP contribution in [0.25, 0.3) is 10.4 Å². The number of nitrogens with zero attached hydrogens (tertiary/aromatic N) is 1. The van der Waals surface area contributed by atoms with Gasteiger partial charge in [-0.05, 0) is 55.5 Å². The van der Waals surface area contributed by atoms with Gasteiger partial charge in [0.05, 0.1) is 0 Å². The summed E-state index contributed by atoms with van der Waals surface area (Å²) < 4.78 is 0. The fourth-order valence-corrected chi connectivity index (χ4v) is 4.55. The minimum Gasteiger partial charge on any atom is -0.342 e. The minimum absolute atomic E-state index is 0.348. The lowest BCUT2D eigenvalue weighted by Crippen LogP contribution is -2.45. The summed E-state index contributed by atoms with van der Waals surface area (Å²) in [6, 6.07) is 12.9. The van der Waals surface area contributed by atoms with Gasteiger partial charge in [-0.2, -0.15) is 0 Å². The van der Waals surface area contributed by atoms with Gasteiger partial charge in [0.25, 0.3) is 0 Å². The summed E-state index contributed by atoms with van der Waals surface area (Å²) in [6.07, 6.45) is 4.32. The van der Waals surface area contributed by atoms with Crippen molar-refractivity contribution in [2.45, 2.75) is 38.3 Å². The van der Waals surface area contributed by atoms with Crippen LogP contribution in [0.1, 0.15) is 30.6 Å². The Labute approximate surface area is 158 Å². The molecule has 5 heteroatoms. The molecular formula is C20H23ClN2OS. The Balaban J connectivity index is 1.27. The van der Waals surface area contributed by atoms with Gasteiger partial charge in [0, 0.05) is 46.4 Å². The molecule has 2 fully saturated rings. The maximum absolute atomic E-state index is 12.1. The van der Waals surface area contributed by atoms with Crippen LogP contribution >= 0.6 is 22.9 Å². The van der Waals surface area contributed by atoms with E-state index in [1.165, 1.54) is 15.3 Å². The van der Waals surface area contributed by atoms with Crippen LogP contribution < -0.4 is 5.32 Å². The quantitative estimate of drug-likeness (QED) is 0.832. The predicted octanol–water partition coefficient (Wildman–Crippen LogP) is 4.56. The van der Waals surface area contributed by atoms with Crippen molar-refractivity contribution in [2.24, 2.45) is 5.92 Å². The first-order valence-corrected chi connectivity index (χ1v) is 10.3. The van der Waals surface area contributed by atoms with Crippen LogP contribution in [0, 0.1) is 5.92 Å². The molecular weight excluding hydrogens is 352 g/mol. The Bertz CT molecular complexity index is 748. The zero-order valence-corrected chi connectivity index (χ0v) is 15.8. The molecule has 1 aliphatic carbocycles. The molecule has 2 heterocycles. The van der Waals surface area contributed by atoms with Gasteiger partial charge >= 0.3 is 0 Å². The molecule has 1 saturated heterocycles. The maximum atomic E-state index is 12.1. The maximum Gasteiger partial charge on any atom is 0.225 e. The van der Waals surface area contributed by atoms with E-state index in [4.69, 9.17) is 11.6 Å². The van der Waals surface area contributed by atoms with Crippen molar-refractivity contribution >= 4 is 28.8 Å². The number of nitrogens with one attached hydrogen (secondary N) is 1. The first-order chi connectivity index (χ1) is 12.2. The molecule has 25 heavy (non-hydrogen) atoms. The summed E-state index contributed by atoms with van der Waals surface area (Å²) in [5.41, 5.74) is 1.18. The molecule has 1 N–H and O–H groups in total. The normalized spacial score (nSPS) is 18.5. The lowest BCUT2D eigenvalue weighted by Gasteiger charge is -2.32. The van der Waals surface area contributed by atoms with Crippen molar-refractivity contribution in [3.63, 3.8) is 0 Å². The molecule has 1 aromatic carbocycles. The van der Waals surface area contributed by atoms with E-state index < -0.39 is 0 Å². The summed E-state index contributed by atoms with van der Waals surface area (Å²) in [7, 11) is 0. The van der Waals surface area contributed by atoms with E-state index in [1.54, 1.807) is 0 Å². The highest BCUT2D eigenvalue weighted by atomic mass is 35.5. The Morgan fingerprint density at radius 1 is 1.16 bits per heavy atom. The second-order valence-corrected chi connectivity index (χ2v) is 8.64. The van der Waals surface area contributed by atoms with Crippen LogP contribution in [0.3, 0.4) is 0 Å². The van der Waals surface area contributed by atoms with Crippen LogP contribution in [0.2, 0.25) is 5.02 Å². The third kappa shape index (κ3) is 4.25. The van der Waals surface area contributed by atoms with E-state index in [0.29, 0.717) is 17.9 Å². The number of hydrogen-bond acceptors (Lipinski definition) is 3. The van der Waals surface area contributed by atoms with Crippen LogP contribution in [0.15, 0.2) is 36.4 Å². The number of piperidine rings is 1. The Morgan fingerprint density at radius 3 is 2.68 bits per heavy atom.